The maximum absolute atomic E-state index is 12.0. The second-order valence-electron chi connectivity index (χ2n) is 6.83. The number of amides is 1. The van der Waals surface area contributed by atoms with Crippen molar-refractivity contribution in [3.63, 3.8) is 0 Å². The maximum Gasteiger partial charge on any atom is 0.410 e. The van der Waals surface area contributed by atoms with Crippen LogP contribution in [0.15, 0.2) is 0 Å². The van der Waals surface area contributed by atoms with E-state index in [1.54, 1.807) is 4.90 Å². The van der Waals surface area contributed by atoms with Gasteiger partial charge in [0, 0.05) is 13.2 Å². The van der Waals surface area contributed by atoms with Crippen molar-refractivity contribution in [2.45, 2.75) is 50.1 Å². The number of ether oxygens (including phenoxy) is 3. The number of alkyl halides is 1. The number of hydrogen-bond donors (Lipinski definition) is 0. The first-order valence-corrected chi connectivity index (χ1v) is 8.58. The summed E-state index contributed by atoms with van der Waals surface area (Å²) in [5.41, 5.74) is -0.464. The summed E-state index contributed by atoms with van der Waals surface area (Å²) in [6, 6.07) is 0. The third-order valence-electron chi connectivity index (χ3n) is 3.46. The molecule has 0 spiro atoms. The van der Waals surface area contributed by atoms with E-state index in [2.05, 4.69) is 15.9 Å². The van der Waals surface area contributed by atoms with Crippen molar-refractivity contribution in [1.82, 2.24) is 4.90 Å². The molecule has 0 aromatic heterocycles. The third-order valence-corrected chi connectivity index (χ3v) is 4.34. The lowest BCUT2D eigenvalue weighted by Gasteiger charge is -2.24. The van der Waals surface area contributed by atoms with Crippen LogP contribution < -0.4 is 0 Å². The average molecular weight is 364 g/mol. The summed E-state index contributed by atoms with van der Waals surface area (Å²) in [6.45, 7) is 8.85. The molecule has 5 nitrogen and oxygen atoms in total. The zero-order chi connectivity index (χ0) is 15.5. The summed E-state index contributed by atoms with van der Waals surface area (Å²) < 4.78 is 16.7. The van der Waals surface area contributed by atoms with E-state index in [4.69, 9.17) is 14.2 Å². The van der Waals surface area contributed by atoms with E-state index in [0.29, 0.717) is 26.3 Å². The lowest BCUT2D eigenvalue weighted by molar-refractivity contribution is 0.00249. The van der Waals surface area contributed by atoms with Gasteiger partial charge in [0.1, 0.15) is 5.60 Å². The van der Waals surface area contributed by atoms with Crippen molar-refractivity contribution in [1.29, 1.82) is 0 Å². The van der Waals surface area contributed by atoms with Gasteiger partial charge in [-0.2, -0.15) is 0 Å². The molecule has 2 atom stereocenters. The number of hydrogen-bond acceptors (Lipinski definition) is 4. The van der Waals surface area contributed by atoms with Gasteiger partial charge in [0.2, 0.25) is 0 Å². The summed E-state index contributed by atoms with van der Waals surface area (Å²) in [6.07, 6.45) is 2.33. The van der Waals surface area contributed by atoms with Crippen molar-refractivity contribution in [2.75, 3.05) is 32.9 Å². The fourth-order valence-electron chi connectivity index (χ4n) is 2.16. The summed E-state index contributed by atoms with van der Waals surface area (Å²) in [4.78, 5) is 13.9. The van der Waals surface area contributed by atoms with Gasteiger partial charge in [0.25, 0.3) is 0 Å². The van der Waals surface area contributed by atoms with Crippen molar-refractivity contribution < 1.29 is 19.0 Å². The van der Waals surface area contributed by atoms with Gasteiger partial charge < -0.3 is 19.1 Å². The highest BCUT2D eigenvalue weighted by Crippen LogP contribution is 2.28. The van der Waals surface area contributed by atoms with Gasteiger partial charge in [-0.05, 0) is 39.5 Å². The van der Waals surface area contributed by atoms with Crippen molar-refractivity contribution in [3.8, 4) is 0 Å². The van der Waals surface area contributed by atoms with E-state index in [0.717, 1.165) is 12.5 Å². The van der Waals surface area contributed by atoms with Gasteiger partial charge in [-0.25, -0.2) is 4.79 Å². The second kappa shape index (κ2) is 7.29. The Morgan fingerprint density at radius 1 is 1.24 bits per heavy atom. The molecule has 0 aromatic rings. The van der Waals surface area contributed by atoms with Gasteiger partial charge in [-0.15, -0.1) is 0 Å². The predicted molar refractivity (Wildman–Crippen MR) is 83.8 cm³/mol. The minimum atomic E-state index is -0.464. The van der Waals surface area contributed by atoms with Crippen molar-refractivity contribution in [2.24, 2.45) is 5.92 Å². The van der Waals surface area contributed by atoms with Crippen LogP contribution in [-0.4, -0.2) is 60.4 Å². The third kappa shape index (κ3) is 6.12. The number of halogens is 1. The van der Waals surface area contributed by atoms with E-state index in [9.17, 15) is 4.79 Å². The summed E-state index contributed by atoms with van der Waals surface area (Å²) in [7, 11) is 0. The summed E-state index contributed by atoms with van der Waals surface area (Å²) in [5.74, 6) is 0.781. The Balaban J connectivity index is 1.64. The number of nitrogens with zero attached hydrogens (tertiary/aromatic N) is 1. The van der Waals surface area contributed by atoms with E-state index in [1.165, 1.54) is 12.8 Å². The molecular weight excluding hydrogens is 338 g/mol. The fraction of sp³-hybridized carbons (Fsp3) is 0.933. The first-order valence-electron chi connectivity index (χ1n) is 7.66. The lowest BCUT2D eigenvalue weighted by Crippen LogP contribution is -2.36. The normalized spacial score (nSPS) is 26.2. The van der Waals surface area contributed by atoms with Gasteiger partial charge in [-0.3, -0.25) is 0 Å². The van der Waals surface area contributed by atoms with Gasteiger partial charge in [0.15, 0.2) is 0 Å². The van der Waals surface area contributed by atoms with Crippen molar-refractivity contribution in [3.05, 3.63) is 0 Å². The van der Waals surface area contributed by atoms with Crippen LogP contribution in [0.2, 0.25) is 0 Å². The van der Waals surface area contributed by atoms with Crippen LogP contribution in [0.4, 0.5) is 4.79 Å². The highest BCUT2D eigenvalue weighted by atomic mass is 79.9. The van der Waals surface area contributed by atoms with E-state index < -0.39 is 5.60 Å². The highest BCUT2D eigenvalue weighted by Gasteiger charge is 2.36. The van der Waals surface area contributed by atoms with Crippen LogP contribution in [-0.2, 0) is 14.2 Å². The Kier molecular flexibility index (Phi) is 5.91. The fourth-order valence-corrected chi connectivity index (χ4v) is 2.83. The minimum Gasteiger partial charge on any atom is -0.444 e. The molecule has 2 fully saturated rings. The molecule has 1 aliphatic heterocycles. The van der Waals surface area contributed by atoms with Crippen molar-refractivity contribution >= 4 is 22.0 Å². The van der Waals surface area contributed by atoms with Crippen LogP contribution in [0.5, 0.6) is 0 Å². The van der Waals surface area contributed by atoms with Crippen LogP contribution in [0.25, 0.3) is 0 Å². The van der Waals surface area contributed by atoms with Gasteiger partial charge in [-0.1, -0.05) is 15.9 Å². The molecule has 0 radical (unpaired) electrons. The number of carbonyl (C=O) groups excluding carboxylic acids is 1. The molecule has 6 heteroatoms. The van der Waals surface area contributed by atoms with Gasteiger partial charge >= 0.3 is 6.09 Å². The predicted octanol–water partition coefficient (Wildman–Crippen LogP) is 2.81. The molecule has 1 aliphatic carbocycles. The molecule has 1 amide bonds. The Hall–Kier alpha value is -0.330. The molecule has 0 bridgehead atoms. The molecule has 2 aliphatic rings. The highest BCUT2D eigenvalue weighted by molar-refractivity contribution is 9.09. The monoisotopic (exact) mass is 363 g/mol. The largest absolute Gasteiger partial charge is 0.444 e. The number of likely N-dealkylation sites (tertiary alicyclic amines) is 1. The molecule has 2 unspecified atom stereocenters. The molecular formula is C15H26BrNO4. The molecule has 0 N–H and O–H groups in total. The Morgan fingerprint density at radius 3 is 2.57 bits per heavy atom. The summed E-state index contributed by atoms with van der Waals surface area (Å²) >= 11 is 3.58. The Bertz CT molecular complexity index is 354. The average Bonchev–Trinajstić information content (AvgIpc) is 3.10. The molecule has 2 rings (SSSR count). The molecule has 21 heavy (non-hydrogen) atoms. The molecule has 1 heterocycles. The molecule has 0 aromatic carbocycles. The minimum absolute atomic E-state index is 0.00189. The summed E-state index contributed by atoms with van der Waals surface area (Å²) in [5, 5.41) is 0. The van der Waals surface area contributed by atoms with E-state index in [-0.39, 0.29) is 17.0 Å². The van der Waals surface area contributed by atoms with Crippen LogP contribution in [0, 0.1) is 5.92 Å². The van der Waals surface area contributed by atoms with Gasteiger partial charge in [0.05, 0.1) is 30.7 Å². The van der Waals surface area contributed by atoms with E-state index in [1.807, 2.05) is 20.8 Å². The second-order valence-corrected chi connectivity index (χ2v) is 8.00. The lowest BCUT2D eigenvalue weighted by atomic mass is 10.2. The Labute approximate surface area is 135 Å². The zero-order valence-electron chi connectivity index (χ0n) is 13.1. The standard InChI is InChI=1S/C15H26BrNO4/c1-15(2,3)21-14(18)17-8-12(16)13(9-17)20-7-6-19-10-11-4-5-11/h11-13H,4-10H2,1-3H3. The zero-order valence-corrected chi connectivity index (χ0v) is 14.7. The SMILES string of the molecule is CC(C)(C)OC(=O)N1CC(Br)C(OCCOCC2CC2)C1. The first-order chi connectivity index (χ1) is 9.85. The van der Waals surface area contributed by atoms with Crippen LogP contribution in [0.3, 0.4) is 0 Å². The quantitative estimate of drug-likeness (QED) is 0.537. The first kappa shape index (κ1) is 17.0. The topological polar surface area (TPSA) is 48.0 Å². The smallest absolute Gasteiger partial charge is 0.410 e. The molecule has 1 saturated heterocycles. The van der Waals surface area contributed by atoms with Crippen LogP contribution >= 0.6 is 15.9 Å². The number of rotatable bonds is 6. The number of carbonyl (C=O) groups is 1. The van der Waals surface area contributed by atoms with Crippen LogP contribution in [0.1, 0.15) is 33.6 Å². The molecule has 122 valence electrons. The maximum atomic E-state index is 12.0. The Morgan fingerprint density at radius 2 is 1.95 bits per heavy atom. The van der Waals surface area contributed by atoms with E-state index >= 15 is 0 Å². The molecule has 1 saturated carbocycles.